The average Bonchev–Trinajstić information content (AvgIpc) is 3.10. The van der Waals surface area contributed by atoms with E-state index in [0.29, 0.717) is 11.8 Å². The highest BCUT2D eigenvalue weighted by molar-refractivity contribution is 7.17. The summed E-state index contributed by atoms with van der Waals surface area (Å²) in [7, 11) is 1.73. The third-order valence-electron chi connectivity index (χ3n) is 6.17. The van der Waals surface area contributed by atoms with Crippen LogP contribution in [0.1, 0.15) is 37.2 Å². The van der Waals surface area contributed by atoms with Crippen LogP contribution >= 0.6 is 36.2 Å². The molecule has 0 radical (unpaired) electrons. The van der Waals surface area contributed by atoms with E-state index in [0.717, 1.165) is 57.7 Å². The Morgan fingerprint density at radius 3 is 2.68 bits per heavy atom. The molecule has 1 aromatic carbocycles. The topological polar surface area (TPSA) is 44.7 Å². The van der Waals surface area contributed by atoms with Crippen LogP contribution in [0.4, 0.5) is 0 Å². The van der Waals surface area contributed by atoms with Gasteiger partial charge in [0.1, 0.15) is 5.75 Å². The number of fused-ring (bicyclic) bond motifs is 1. The van der Waals surface area contributed by atoms with Crippen LogP contribution in [0.2, 0.25) is 0 Å². The lowest BCUT2D eigenvalue weighted by Crippen LogP contribution is -2.46. The van der Waals surface area contributed by atoms with E-state index in [1.807, 2.05) is 17.4 Å². The zero-order chi connectivity index (χ0) is 17.9. The lowest BCUT2D eigenvalue weighted by molar-refractivity contribution is 0.0451. The summed E-state index contributed by atoms with van der Waals surface area (Å²) in [5, 5.41) is 17.9. The van der Waals surface area contributed by atoms with Gasteiger partial charge >= 0.3 is 0 Å². The van der Waals surface area contributed by atoms with Crippen LogP contribution in [0.3, 0.4) is 0 Å². The molecule has 0 spiro atoms. The molecule has 2 aliphatic rings. The summed E-state index contributed by atoms with van der Waals surface area (Å²) >= 11 is 1.82. The molecule has 1 aliphatic carbocycles. The molecule has 1 aliphatic heterocycles. The van der Waals surface area contributed by atoms with Gasteiger partial charge in [-0.15, -0.1) is 36.2 Å². The first-order chi connectivity index (χ1) is 12.8. The van der Waals surface area contributed by atoms with E-state index in [-0.39, 0.29) is 30.9 Å². The number of benzene rings is 1. The van der Waals surface area contributed by atoms with Gasteiger partial charge in [0, 0.05) is 43.3 Å². The number of rotatable bonds is 5. The second-order valence-electron chi connectivity index (χ2n) is 7.73. The van der Waals surface area contributed by atoms with Crippen molar-refractivity contribution in [3.05, 3.63) is 29.1 Å². The van der Waals surface area contributed by atoms with Crippen molar-refractivity contribution in [2.75, 3.05) is 39.8 Å². The van der Waals surface area contributed by atoms with Crippen molar-refractivity contribution in [3.63, 3.8) is 0 Å². The number of ether oxygens (including phenoxy) is 1. The Morgan fingerprint density at radius 1 is 1.21 bits per heavy atom. The lowest BCUT2D eigenvalue weighted by atomic mass is 9.74. The Morgan fingerprint density at radius 2 is 1.96 bits per heavy atom. The SMILES string of the molecule is COc1ccc2scc(C(CN3CCNCC3)C3CCCCC3O)c2c1.Cl.Cl. The number of hydrogen-bond acceptors (Lipinski definition) is 5. The van der Waals surface area contributed by atoms with Gasteiger partial charge in [0.2, 0.25) is 0 Å². The summed E-state index contributed by atoms with van der Waals surface area (Å²) in [5.41, 5.74) is 1.41. The Hall–Kier alpha value is -0.560. The first kappa shape index (κ1) is 23.7. The van der Waals surface area contributed by atoms with Gasteiger partial charge in [-0.3, -0.25) is 0 Å². The molecular weight excluding hydrogens is 415 g/mol. The number of methoxy groups -OCH3 is 1. The fraction of sp³-hybridized carbons (Fsp3) is 0.619. The zero-order valence-electron chi connectivity index (χ0n) is 16.4. The Labute approximate surface area is 184 Å². The number of nitrogens with one attached hydrogen (secondary N) is 1. The van der Waals surface area contributed by atoms with E-state index < -0.39 is 0 Å². The molecule has 1 saturated carbocycles. The molecule has 3 unspecified atom stereocenters. The van der Waals surface area contributed by atoms with E-state index in [2.05, 4.69) is 27.7 Å². The van der Waals surface area contributed by atoms with Gasteiger partial charge < -0.3 is 20.1 Å². The zero-order valence-corrected chi connectivity index (χ0v) is 18.9. The Bertz CT molecular complexity index is 736. The van der Waals surface area contributed by atoms with Gasteiger partial charge in [-0.2, -0.15) is 0 Å². The van der Waals surface area contributed by atoms with Crippen LogP contribution in [-0.2, 0) is 0 Å². The van der Waals surface area contributed by atoms with Crippen LogP contribution in [0.15, 0.2) is 23.6 Å². The maximum Gasteiger partial charge on any atom is 0.119 e. The number of halogens is 2. The normalized spacial score (nSPS) is 24.2. The molecule has 0 bridgehead atoms. The largest absolute Gasteiger partial charge is 0.497 e. The predicted octanol–water partition coefficient (Wildman–Crippen LogP) is 4.29. The number of thiophene rings is 1. The first-order valence-corrected chi connectivity index (χ1v) is 10.8. The quantitative estimate of drug-likeness (QED) is 0.718. The highest BCUT2D eigenvalue weighted by Gasteiger charge is 2.34. The molecule has 1 saturated heterocycles. The first-order valence-electron chi connectivity index (χ1n) is 9.92. The molecule has 7 heteroatoms. The van der Waals surface area contributed by atoms with Gasteiger partial charge in [-0.05, 0) is 53.3 Å². The second kappa shape index (κ2) is 11.0. The third-order valence-corrected chi connectivity index (χ3v) is 7.15. The molecule has 1 aromatic heterocycles. The van der Waals surface area contributed by atoms with E-state index >= 15 is 0 Å². The molecule has 2 aromatic rings. The maximum absolute atomic E-state index is 10.8. The highest BCUT2D eigenvalue weighted by atomic mass is 35.5. The third kappa shape index (κ3) is 5.13. The predicted molar refractivity (Wildman–Crippen MR) is 123 cm³/mol. The minimum atomic E-state index is -0.169. The van der Waals surface area contributed by atoms with Gasteiger partial charge in [-0.25, -0.2) is 0 Å². The molecule has 2 fully saturated rings. The van der Waals surface area contributed by atoms with Crippen LogP contribution in [0.25, 0.3) is 10.1 Å². The molecular formula is C21H32Cl2N2O2S. The average molecular weight is 447 g/mol. The fourth-order valence-corrected chi connectivity index (χ4v) is 5.69. The molecule has 158 valence electrons. The van der Waals surface area contributed by atoms with Crippen molar-refractivity contribution in [2.45, 2.75) is 37.7 Å². The standard InChI is InChI=1S/C21H30N2O2S.2ClH/c1-25-15-6-7-21-17(12-15)19(14-26-21)18(13-23-10-8-22-9-11-23)16-4-2-3-5-20(16)24;;/h6-7,12,14,16,18,20,22,24H,2-5,8-11,13H2,1H3;2*1H. The smallest absolute Gasteiger partial charge is 0.119 e. The number of piperazine rings is 1. The Balaban J connectivity index is 0.00000140. The number of hydrogen-bond donors (Lipinski definition) is 2. The fourth-order valence-electron chi connectivity index (χ4n) is 4.69. The summed E-state index contributed by atoms with van der Waals surface area (Å²) in [4.78, 5) is 2.58. The van der Waals surface area contributed by atoms with E-state index in [1.54, 1.807) is 7.11 Å². The maximum atomic E-state index is 10.8. The van der Waals surface area contributed by atoms with Crippen LogP contribution in [0, 0.1) is 5.92 Å². The molecule has 2 N–H and O–H groups in total. The van der Waals surface area contributed by atoms with Crippen molar-refractivity contribution in [1.29, 1.82) is 0 Å². The van der Waals surface area contributed by atoms with E-state index in [1.165, 1.54) is 22.1 Å². The molecule has 0 amide bonds. The molecule has 28 heavy (non-hydrogen) atoms. The van der Waals surface area contributed by atoms with E-state index in [4.69, 9.17) is 4.74 Å². The molecule has 2 heterocycles. The van der Waals surface area contributed by atoms with Crippen molar-refractivity contribution < 1.29 is 9.84 Å². The lowest BCUT2D eigenvalue weighted by Gasteiger charge is -2.38. The van der Waals surface area contributed by atoms with Gasteiger partial charge in [0.15, 0.2) is 0 Å². The molecule has 4 rings (SSSR count). The van der Waals surface area contributed by atoms with Gasteiger partial charge in [0.25, 0.3) is 0 Å². The highest BCUT2D eigenvalue weighted by Crippen LogP contribution is 2.42. The Kier molecular flexibility index (Phi) is 9.32. The van der Waals surface area contributed by atoms with Crippen molar-refractivity contribution >= 4 is 46.2 Å². The van der Waals surface area contributed by atoms with Crippen LogP contribution in [0.5, 0.6) is 5.75 Å². The number of aliphatic hydroxyl groups excluding tert-OH is 1. The van der Waals surface area contributed by atoms with E-state index in [9.17, 15) is 5.11 Å². The van der Waals surface area contributed by atoms with Gasteiger partial charge in [-0.1, -0.05) is 12.8 Å². The summed E-state index contributed by atoms with van der Waals surface area (Å²) in [6.45, 7) is 5.39. The second-order valence-corrected chi connectivity index (χ2v) is 8.64. The monoisotopic (exact) mass is 446 g/mol. The number of nitrogens with zero attached hydrogens (tertiary/aromatic N) is 1. The van der Waals surface area contributed by atoms with Crippen LogP contribution < -0.4 is 10.1 Å². The van der Waals surface area contributed by atoms with Crippen molar-refractivity contribution in [2.24, 2.45) is 5.92 Å². The van der Waals surface area contributed by atoms with Crippen LogP contribution in [-0.4, -0.2) is 55.9 Å². The summed E-state index contributed by atoms with van der Waals surface area (Å²) in [5.74, 6) is 1.68. The van der Waals surface area contributed by atoms with Gasteiger partial charge in [0.05, 0.1) is 13.2 Å². The van der Waals surface area contributed by atoms with Crippen molar-refractivity contribution in [3.8, 4) is 5.75 Å². The summed E-state index contributed by atoms with van der Waals surface area (Å²) in [6.07, 6.45) is 4.33. The minimum absolute atomic E-state index is 0. The number of aliphatic hydroxyl groups is 1. The summed E-state index contributed by atoms with van der Waals surface area (Å²) in [6, 6.07) is 6.39. The molecule has 3 atom stereocenters. The molecule has 4 nitrogen and oxygen atoms in total. The minimum Gasteiger partial charge on any atom is -0.497 e. The summed E-state index contributed by atoms with van der Waals surface area (Å²) < 4.78 is 6.80. The van der Waals surface area contributed by atoms with Crippen molar-refractivity contribution in [1.82, 2.24) is 10.2 Å².